The maximum atomic E-state index is 13.2. The Labute approximate surface area is 235 Å². The highest BCUT2D eigenvalue weighted by molar-refractivity contribution is 9.10. The zero-order valence-corrected chi connectivity index (χ0v) is 24.1. The Morgan fingerprint density at radius 3 is 2.41 bits per heavy atom. The molecule has 3 atom stereocenters. The van der Waals surface area contributed by atoms with Crippen LogP contribution in [0.4, 0.5) is 13.2 Å². The smallest absolute Gasteiger partial charge is 0.352 e. The van der Waals surface area contributed by atoms with E-state index in [9.17, 15) is 31.2 Å². The highest BCUT2D eigenvalue weighted by Crippen LogP contribution is 2.30. The molecule has 0 aliphatic heterocycles. The third-order valence-electron chi connectivity index (χ3n) is 6.61. The topological polar surface area (TPSA) is 104 Å². The standard InChI is InChI=1S/C27H33BrF3N3O4S/c1-17(2)14-32-22-8-11-24(19(13-22)16-39(37,38)23-9-6-21(28)7-10-23)34-25(35)15-33-26(36)18-4-3-5-20(12-18)27(29,30)31/h3-7,9-10,12,17,19,22,24,32H,8,11,13-16H2,1-2H3,(H,33,36)(H,34,35). The van der Waals surface area contributed by atoms with Gasteiger partial charge in [-0.05, 0) is 80.1 Å². The maximum Gasteiger partial charge on any atom is 0.416 e. The molecule has 3 rings (SSSR count). The van der Waals surface area contributed by atoms with Crippen LogP contribution >= 0.6 is 15.9 Å². The number of halogens is 4. The zero-order valence-electron chi connectivity index (χ0n) is 21.7. The predicted octanol–water partition coefficient (Wildman–Crippen LogP) is 4.57. The van der Waals surface area contributed by atoms with Crippen molar-refractivity contribution in [1.29, 1.82) is 0 Å². The summed E-state index contributed by atoms with van der Waals surface area (Å²) in [5, 5.41) is 8.68. The molecule has 3 unspecified atom stereocenters. The minimum absolute atomic E-state index is 0.103. The van der Waals surface area contributed by atoms with E-state index in [0.717, 1.165) is 35.6 Å². The number of hydrogen-bond donors (Lipinski definition) is 3. The third-order valence-corrected chi connectivity index (χ3v) is 9.00. The summed E-state index contributed by atoms with van der Waals surface area (Å²) in [5.74, 6) is -1.46. The quantitative estimate of drug-likeness (QED) is 0.356. The number of sulfone groups is 1. The SMILES string of the molecule is CC(C)CNC1CCC(NC(=O)CNC(=O)c2cccc(C(F)(F)F)c2)C(CS(=O)(=O)c2ccc(Br)cc2)C1. The van der Waals surface area contributed by atoms with Crippen molar-refractivity contribution in [3.05, 3.63) is 64.1 Å². The third kappa shape index (κ3) is 9.32. The van der Waals surface area contributed by atoms with Gasteiger partial charge in [0.1, 0.15) is 0 Å². The minimum Gasteiger partial charge on any atom is -0.352 e. The maximum absolute atomic E-state index is 13.2. The molecule has 12 heteroatoms. The van der Waals surface area contributed by atoms with Crippen LogP contribution in [0.15, 0.2) is 57.9 Å². The molecule has 0 radical (unpaired) electrons. The molecule has 2 aromatic carbocycles. The molecule has 1 fully saturated rings. The van der Waals surface area contributed by atoms with Crippen LogP contribution in [0.2, 0.25) is 0 Å². The van der Waals surface area contributed by atoms with Crippen molar-refractivity contribution >= 4 is 37.6 Å². The fraction of sp³-hybridized carbons (Fsp3) is 0.481. The van der Waals surface area contributed by atoms with E-state index in [0.29, 0.717) is 18.8 Å². The lowest BCUT2D eigenvalue weighted by Gasteiger charge is -2.37. The van der Waals surface area contributed by atoms with E-state index in [2.05, 4.69) is 45.7 Å². The van der Waals surface area contributed by atoms with Crippen LogP contribution in [0.1, 0.15) is 49.0 Å². The summed E-state index contributed by atoms with van der Waals surface area (Å²) in [4.78, 5) is 25.3. The van der Waals surface area contributed by atoms with Gasteiger partial charge in [-0.3, -0.25) is 9.59 Å². The molecule has 1 aliphatic rings. The van der Waals surface area contributed by atoms with Crippen LogP contribution in [0.3, 0.4) is 0 Å². The van der Waals surface area contributed by atoms with Crippen molar-refractivity contribution < 1.29 is 31.2 Å². The van der Waals surface area contributed by atoms with E-state index in [-0.39, 0.29) is 28.2 Å². The summed E-state index contributed by atoms with van der Waals surface area (Å²) in [5.41, 5.74) is -1.18. The number of rotatable bonds is 10. The van der Waals surface area contributed by atoms with Gasteiger partial charge >= 0.3 is 6.18 Å². The first-order chi connectivity index (χ1) is 18.2. The van der Waals surface area contributed by atoms with Crippen molar-refractivity contribution in [2.75, 3.05) is 18.8 Å². The molecule has 214 valence electrons. The second-order valence-corrected chi connectivity index (χ2v) is 13.2. The normalized spacial score (nSPS) is 20.0. The Morgan fingerprint density at radius 2 is 1.77 bits per heavy atom. The van der Waals surface area contributed by atoms with Gasteiger partial charge < -0.3 is 16.0 Å². The van der Waals surface area contributed by atoms with E-state index < -0.39 is 46.0 Å². The lowest BCUT2D eigenvalue weighted by Crippen LogP contribution is -2.51. The fourth-order valence-electron chi connectivity index (χ4n) is 4.60. The Bertz CT molecular complexity index is 1250. The Morgan fingerprint density at radius 1 is 1.08 bits per heavy atom. The number of benzene rings is 2. The number of carbonyl (C=O) groups excluding carboxylic acids is 2. The molecule has 3 N–H and O–H groups in total. The van der Waals surface area contributed by atoms with Crippen LogP contribution in [-0.4, -0.2) is 51.2 Å². The molecule has 0 heterocycles. The lowest BCUT2D eigenvalue weighted by atomic mass is 9.82. The number of hydrogen-bond acceptors (Lipinski definition) is 5. The summed E-state index contributed by atoms with van der Waals surface area (Å²) in [7, 11) is -3.64. The molecule has 39 heavy (non-hydrogen) atoms. The molecular weight excluding hydrogens is 599 g/mol. The molecule has 2 amide bonds. The summed E-state index contributed by atoms with van der Waals surface area (Å²) in [6.45, 7) is 4.51. The van der Waals surface area contributed by atoms with E-state index in [1.165, 1.54) is 18.2 Å². The summed E-state index contributed by atoms with van der Waals surface area (Å²) >= 11 is 3.31. The second-order valence-electron chi connectivity index (χ2n) is 10.2. The molecule has 2 aromatic rings. The first-order valence-corrected chi connectivity index (χ1v) is 15.2. The molecule has 1 aliphatic carbocycles. The highest BCUT2D eigenvalue weighted by Gasteiger charge is 2.35. The van der Waals surface area contributed by atoms with Crippen molar-refractivity contribution in [3.8, 4) is 0 Å². The second kappa shape index (κ2) is 13.3. The Kier molecular flexibility index (Phi) is 10.6. The van der Waals surface area contributed by atoms with Crippen molar-refractivity contribution in [3.63, 3.8) is 0 Å². The summed E-state index contributed by atoms with van der Waals surface area (Å²) in [6.07, 6.45) is -2.77. The molecular formula is C27H33BrF3N3O4S. The predicted molar refractivity (Wildman–Crippen MR) is 146 cm³/mol. The first kappa shape index (κ1) is 31.1. The van der Waals surface area contributed by atoms with E-state index in [1.807, 2.05) is 0 Å². The molecule has 0 bridgehead atoms. The molecule has 1 saturated carbocycles. The lowest BCUT2D eigenvalue weighted by molar-refractivity contribution is -0.137. The number of nitrogens with one attached hydrogen (secondary N) is 3. The number of amides is 2. The van der Waals surface area contributed by atoms with E-state index >= 15 is 0 Å². The van der Waals surface area contributed by atoms with Crippen molar-refractivity contribution in [1.82, 2.24) is 16.0 Å². The van der Waals surface area contributed by atoms with Gasteiger partial charge in [0.25, 0.3) is 5.91 Å². The Hall–Kier alpha value is -2.44. The number of alkyl halides is 3. The summed E-state index contributed by atoms with van der Waals surface area (Å²) in [6, 6.07) is 10.00. The van der Waals surface area contributed by atoms with Crippen LogP contribution in [0.5, 0.6) is 0 Å². The minimum atomic E-state index is -4.60. The van der Waals surface area contributed by atoms with Gasteiger partial charge in [-0.25, -0.2) is 8.42 Å². The molecule has 7 nitrogen and oxygen atoms in total. The van der Waals surface area contributed by atoms with Gasteiger partial charge in [0, 0.05) is 22.1 Å². The van der Waals surface area contributed by atoms with Crippen LogP contribution < -0.4 is 16.0 Å². The molecule has 0 aromatic heterocycles. The highest BCUT2D eigenvalue weighted by atomic mass is 79.9. The van der Waals surface area contributed by atoms with E-state index in [4.69, 9.17) is 0 Å². The zero-order chi connectivity index (χ0) is 28.8. The first-order valence-electron chi connectivity index (χ1n) is 12.7. The average Bonchev–Trinajstić information content (AvgIpc) is 2.87. The van der Waals surface area contributed by atoms with Gasteiger partial charge in [-0.1, -0.05) is 35.8 Å². The van der Waals surface area contributed by atoms with Gasteiger partial charge in [0.05, 0.1) is 22.8 Å². The van der Waals surface area contributed by atoms with Crippen LogP contribution in [0, 0.1) is 11.8 Å². The van der Waals surface area contributed by atoms with Gasteiger partial charge in [-0.15, -0.1) is 0 Å². The number of carbonyl (C=O) groups is 2. The van der Waals surface area contributed by atoms with Crippen molar-refractivity contribution in [2.24, 2.45) is 11.8 Å². The van der Waals surface area contributed by atoms with Gasteiger partial charge in [-0.2, -0.15) is 13.2 Å². The Balaban J connectivity index is 1.66. The monoisotopic (exact) mass is 631 g/mol. The van der Waals surface area contributed by atoms with Gasteiger partial charge in [0.2, 0.25) is 5.91 Å². The van der Waals surface area contributed by atoms with Crippen LogP contribution in [-0.2, 0) is 20.8 Å². The summed E-state index contributed by atoms with van der Waals surface area (Å²) < 4.78 is 66.0. The van der Waals surface area contributed by atoms with E-state index in [1.54, 1.807) is 12.1 Å². The molecule has 0 spiro atoms. The molecule has 0 saturated heterocycles. The van der Waals surface area contributed by atoms with Crippen LogP contribution in [0.25, 0.3) is 0 Å². The largest absolute Gasteiger partial charge is 0.416 e. The van der Waals surface area contributed by atoms with Crippen molar-refractivity contribution in [2.45, 2.75) is 56.3 Å². The van der Waals surface area contributed by atoms with Gasteiger partial charge in [0.15, 0.2) is 9.84 Å². The fourth-order valence-corrected chi connectivity index (χ4v) is 6.54. The average molecular weight is 633 g/mol.